The van der Waals surface area contributed by atoms with E-state index < -0.39 is 0 Å². The van der Waals surface area contributed by atoms with Crippen molar-refractivity contribution in [3.63, 3.8) is 0 Å². The highest BCUT2D eigenvalue weighted by atomic mass is 79.9. The molecule has 0 aliphatic rings. The Bertz CT molecular complexity index is 513. The van der Waals surface area contributed by atoms with E-state index in [1.54, 1.807) is 6.20 Å². The van der Waals surface area contributed by atoms with E-state index in [1.807, 2.05) is 19.9 Å². The third kappa shape index (κ3) is 2.50. The van der Waals surface area contributed by atoms with E-state index in [-0.39, 0.29) is 5.91 Å². The monoisotopic (exact) mass is 316 g/mol. The van der Waals surface area contributed by atoms with Crippen molar-refractivity contribution >= 4 is 49.6 Å². The zero-order valence-electron chi connectivity index (χ0n) is 8.70. The Morgan fingerprint density at radius 1 is 1.44 bits per heavy atom. The van der Waals surface area contributed by atoms with Crippen LogP contribution < -0.4 is 5.32 Å². The molecule has 0 radical (unpaired) electrons. The van der Waals surface area contributed by atoms with E-state index >= 15 is 0 Å². The second-order valence-corrected chi connectivity index (χ2v) is 6.94. The van der Waals surface area contributed by atoms with Gasteiger partial charge in [0.1, 0.15) is 0 Å². The van der Waals surface area contributed by atoms with Gasteiger partial charge in [-0.3, -0.25) is 10.1 Å². The number of carbonyl (C=O) groups excluding carboxylic acids is 1. The number of nitrogens with zero attached hydrogens (tertiary/aromatic N) is 1. The van der Waals surface area contributed by atoms with Gasteiger partial charge in [-0.15, -0.1) is 11.3 Å². The van der Waals surface area contributed by atoms with Crippen LogP contribution in [-0.2, 0) is 0 Å². The van der Waals surface area contributed by atoms with Gasteiger partial charge in [0.15, 0.2) is 5.13 Å². The second kappa shape index (κ2) is 4.65. The molecule has 6 heteroatoms. The van der Waals surface area contributed by atoms with Crippen LogP contribution >= 0.6 is 38.6 Å². The number of anilines is 1. The smallest absolute Gasteiger partial charge is 0.267 e. The van der Waals surface area contributed by atoms with Crippen LogP contribution in [0.2, 0.25) is 0 Å². The molecule has 3 nitrogen and oxygen atoms in total. The first-order valence-corrected chi connectivity index (χ1v) is 6.98. The number of halogens is 1. The van der Waals surface area contributed by atoms with Crippen LogP contribution in [0.15, 0.2) is 16.0 Å². The third-order valence-electron chi connectivity index (χ3n) is 2.09. The molecule has 0 saturated carbocycles. The predicted molar refractivity (Wildman–Crippen MR) is 71.6 cm³/mol. The average molecular weight is 317 g/mol. The number of rotatable bonds is 2. The first-order valence-electron chi connectivity index (χ1n) is 4.56. The SMILES string of the molecule is Cc1cc(C(=O)Nc2ncc(Br)s2)sc1C. The van der Waals surface area contributed by atoms with Gasteiger partial charge >= 0.3 is 0 Å². The number of hydrogen-bond acceptors (Lipinski definition) is 4. The van der Waals surface area contributed by atoms with Crippen molar-refractivity contribution in [2.45, 2.75) is 13.8 Å². The number of amides is 1. The summed E-state index contributed by atoms with van der Waals surface area (Å²) < 4.78 is 0.904. The maximum atomic E-state index is 11.8. The number of thiazole rings is 1. The minimum Gasteiger partial charge on any atom is -0.297 e. The van der Waals surface area contributed by atoms with E-state index in [2.05, 4.69) is 26.2 Å². The van der Waals surface area contributed by atoms with Crippen molar-refractivity contribution in [1.29, 1.82) is 0 Å². The van der Waals surface area contributed by atoms with Crippen molar-refractivity contribution in [3.05, 3.63) is 31.4 Å². The molecule has 0 aliphatic carbocycles. The zero-order chi connectivity index (χ0) is 11.7. The fraction of sp³-hybridized carbons (Fsp3) is 0.200. The number of carbonyl (C=O) groups is 1. The summed E-state index contributed by atoms with van der Waals surface area (Å²) in [4.78, 5) is 17.8. The van der Waals surface area contributed by atoms with Gasteiger partial charge in [-0.05, 0) is 41.4 Å². The van der Waals surface area contributed by atoms with Crippen LogP contribution in [0.1, 0.15) is 20.1 Å². The Labute approximate surface area is 110 Å². The van der Waals surface area contributed by atoms with E-state index in [0.29, 0.717) is 5.13 Å². The van der Waals surface area contributed by atoms with E-state index in [1.165, 1.54) is 27.6 Å². The Morgan fingerprint density at radius 3 is 2.69 bits per heavy atom. The van der Waals surface area contributed by atoms with Crippen molar-refractivity contribution in [2.75, 3.05) is 5.32 Å². The lowest BCUT2D eigenvalue weighted by atomic mass is 10.3. The van der Waals surface area contributed by atoms with Crippen LogP contribution in [0, 0.1) is 13.8 Å². The van der Waals surface area contributed by atoms with Gasteiger partial charge in [-0.2, -0.15) is 0 Å². The lowest BCUT2D eigenvalue weighted by Crippen LogP contribution is -2.09. The number of aryl methyl sites for hydroxylation is 2. The molecule has 0 aromatic carbocycles. The molecule has 84 valence electrons. The van der Waals surface area contributed by atoms with Gasteiger partial charge in [-0.25, -0.2) is 4.98 Å². The first-order chi connectivity index (χ1) is 7.56. The van der Waals surface area contributed by atoms with Gasteiger partial charge in [0.2, 0.25) is 0 Å². The summed E-state index contributed by atoms with van der Waals surface area (Å²) in [6.45, 7) is 4.01. The first kappa shape index (κ1) is 11.8. The lowest BCUT2D eigenvalue weighted by Gasteiger charge is -1.96. The quantitative estimate of drug-likeness (QED) is 0.914. The number of hydrogen-bond donors (Lipinski definition) is 1. The predicted octanol–water partition coefficient (Wildman–Crippen LogP) is 3.84. The van der Waals surface area contributed by atoms with Crippen LogP contribution in [0.5, 0.6) is 0 Å². The van der Waals surface area contributed by atoms with E-state index in [0.717, 1.165) is 14.2 Å². The molecule has 0 aliphatic heterocycles. The Morgan fingerprint density at radius 2 is 2.19 bits per heavy atom. The molecule has 16 heavy (non-hydrogen) atoms. The van der Waals surface area contributed by atoms with Gasteiger partial charge in [0, 0.05) is 4.88 Å². The largest absolute Gasteiger partial charge is 0.297 e. The highest BCUT2D eigenvalue weighted by Gasteiger charge is 2.12. The minimum absolute atomic E-state index is 0.0944. The Kier molecular flexibility index (Phi) is 3.41. The molecule has 0 fully saturated rings. The molecule has 0 atom stereocenters. The minimum atomic E-state index is -0.0944. The topological polar surface area (TPSA) is 42.0 Å². The second-order valence-electron chi connectivity index (χ2n) is 3.27. The molecule has 2 aromatic rings. The number of aromatic nitrogens is 1. The molecule has 0 bridgehead atoms. The molecule has 1 amide bonds. The summed E-state index contributed by atoms with van der Waals surface area (Å²) in [5.74, 6) is -0.0944. The normalized spacial score (nSPS) is 10.4. The number of nitrogens with one attached hydrogen (secondary N) is 1. The fourth-order valence-electron chi connectivity index (χ4n) is 1.16. The van der Waals surface area contributed by atoms with Crippen molar-refractivity contribution in [2.24, 2.45) is 0 Å². The molecule has 2 aromatic heterocycles. The maximum absolute atomic E-state index is 11.8. The zero-order valence-corrected chi connectivity index (χ0v) is 11.9. The Balaban J connectivity index is 2.14. The summed E-state index contributed by atoms with van der Waals surface area (Å²) in [6, 6.07) is 1.90. The van der Waals surface area contributed by atoms with Gasteiger partial charge in [0.05, 0.1) is 14.9 Å². The van der Waals surface area contributed by atoms with Crippen LogP contribution in [0.4, 0.5) is 5.13 Å². The van der Waals surface area contributed by atoms with E-state index in [9.17, 15) is 4.79 Å². The average Bonchev–Trinajstić information content (AvgIpc) is 2.75. The molecule has 2 rings (SSSR count). The molecule has 1 N–H and O–H groups in total. The van der Waals surface area contributed by atoms with E-state index in [4.69, 9.17) is 0 Å². The van der Waals surface area contributed by atoms with Crippen LogP contribution in [0.3, 0.4) is 0 Å². The van der Waals surface area contributed by atoms with Crippen molar-refractivity contribution in [1.82, 2.24) is 4.98 Å². The molecule has 0 spiro atoms. The maximum Gasteiger partial charge on any atom is 0.267 e. The lowest BCUT2D eigenvalue weighted by molar-refractivity contribution is 0.103. The molecule has 0 unspecified atom stereocenters. The third-order valence-corrected chi connectivity index (χ3v) is 4.63. The molecular formula is C10H9BrN2OS2. The highest BCUT2D eigenvalue weighted by Crippen LogP contribution is 2.25. The van der Waals surface area contributed by atoms with Crippen molar-refractivity contribution < 1.29 is 4.79 Å². The summed E-state index contributed by atoms with van der Waals surface area (Å²) >= 11 is 6.20. The van der Waals surface area contributed by atoms with Gasteiger partial charge in [-0.1, -0.05) is 11.3 Å². The Hall–Kier alpha value is -0.720. The summed E-state index contributed by atoms with van der Waals surface area (Å²) in [6.07, 6.45) is 1.67. The van der Waals surface area contributed by atoms with Crippen LogP contribution in [0.25, 0.3) is 0 Å². The van der Waals surface area contributed by atoms with Gasteiger partial charge in [0.25, 0.3) is 5.91 Å². The summed E-state index contributed by atoms with van der Waals surface area (Å²) in [7, 11) is 0. The fourth-order valence-corrected chi connectivity index (χ4v) is 3.19. The standard InChI is InChI=1S/C10H9BrN2OS2/c1-5-3-7(15-6(5)2)9(14)13-10-12-4-8(11)16-10/h3-4H,1-2H3,(H,12,13,14). The van der Waals surface area contributed by atoms with Gasteiger partial charge < -0.3 is 0 Å². The molecule has 2 heterocycles. The molecule has 0 saturated heterocycles. The van der Waals surface area contributed by atoms with Crippen molar-refractivity contribution in [3.8, 4) is 0 Å². The van der Waals surface area contributed by atoms with Crippen LogP contribution in [-0.4, -0.2) is 10.9 Å². The summed E-state index contributed by atoms with van der Waals surface area (Å²) in [5.41, 5.74) is 1.15. The summed E-state index contributed by atoms with van der Waals surface area (Å²) in [5, 5.41) is 3.38. The number of thiophene rings is 1. The highest BCUT2D eigenvalue weighted by molar-refractivity contribution is 9.11. The molecular weight excluding hydrogens is 308 g/mol.